The van der Waals surface area contributed by atoms with Crippen molar-refractivity contribution in [2.75, 3.05) is 5.32 Å². The zero-order valence-electron chi connectivity index (χ0n) is 8.72. The molecule has 0 aliphatic carbocycles. The number of nitrogens with zero attached hydrogens (tertiary/aromatic N) is 1. The van der Waals surface area contributed by atoms with Gasteiger partial charge < -0.3 is 10.4 Å². The third-order valence-electron chi connectivity index (χ3n) is 2.11. The predicted molar refractivity (Wildman–Crippen MR) is 60.3 cm³/mol. The molecule has 1 heterocycles. The van der Waals surface area contributed by atoms with Gasteiger partial charge in [-0.05, 0) is 30.3 Å². The summed E-state index contributed by atoms with van der Waals surface area (Å²) in [5.41, 5.74) is 0.704. The normalized spacial score (nSPS) is 9.94. The second-order valence-corrected chi connectivity index (χ2v) is 3.37. The second kappa shape index (κ2) is 4.61. The molecule has 1 aromatic heterocycles. The van der Waals surface area contributed by atoms with E-state index in [-0.39, 0.29) is 11.3 Å². The van der Waals surface area contributed by atoms with Gasteiger partial charge in [-0.15, -0.1) is 0 Å². The molecule has 0 aliphatic heterocycles. The largest absolute Gasteiger partial charge is 0.508 e. The minimum absolute atomic E-state index is 0.109. The Bertz CT molecular complexity index is 540. The van der Waals surface area contributed by atoms with Gasteiger partial charge >= 0.3 is 0 Å². The molecule has 86 valence electrons. The van der Waals surface area contributed by atoms with Crippen LogP contribution in [0.25, 0.3) is 0 Å². The molecule has 0 saturated carbocycles. The minimum atomic E-state index is -0.705. The maximum atomic E-state index is 12.8. The smallest absolute Gasteiger partial charge is 0.255 e. The molecule has 5 heteroatoms. The zero-order valence-corrected chi connectivity index (χ0v) is 8.72. The fraction of sp³-hybridized carbons (Fsp3) is 0. The average molecular weight is 232 g/mol. The van der Waals surface area contributed by atoms with Gasteiger partial charge in [0.15, 0.2) is 0 Å². The molecular weight excluding hydrogens is 223 g/mol. The molecule has 1 amide bonds. The summed E-state index contributed by atoms with van der Waals surface area (Å²) in [7, 11) is 0. The molecule has 0 aliphatic rings. The van der Waals surface area contributed by atoms with Gasteiger partial charge in [0, 0.05) is 23.5 Å². The molecule has 1 aromatic carbocycles. The van der Waals surface area contributed by atoms with Gasteiger partial charge in [-0.3, -0.25) is 4.79 Å². The molecule has 2 N–H and O–H groups in total. The van der Waals surface area contributed by atoms with E-state index in [1.807, 2.05) is 0 Å². The van der Waals surface area contributed by atoms with Crippen LogP contribution in [0.4, 0.5) is 10.1 Å². The first-order valence-corrected chi connectivity index (χ1v) is 4.87. The quantitative estimate of drug-likeness (QED) is 0.616. The molecule has 4 nitrogen and oxygen atoms in total. The van der Waals surface area contributed by atoms with Crippen LogP contribution in [0.2, 0.25) is 0 Å². The van der Waals surface area contributed by atoms with Crippen LogP contribution in [0, 0.1) is 5.95 Å². The van der Waals surface area contributed by atoms with Crippen LogP contribution >= 0.6 is 0 Å². The number of benzene rings is 1. The Morgan fingerprint density at radius 3 is 2.59 bits per heavy atom. The van der Waals surface area contributed by atoms with E-state index in [2.05, 4.69) is 10.3 Å². The van der Waals surface area contributed by atoms with Crippen LogP contribution in [0.5, 0.6) is 5.75 Å². The molecule has 17 heavy (non-hydrogen) atoms. The van der Waals surface area contributed by atoms with Crippen LogP contribution in [-0.4, -0.2) is 16.0 Å². The summed E-state index contributed by atoms with van der Waals surface area (Å²) >= 11 is 0. The summed E-state index contributed by atoms with van der Waals surface area (Å²) in [6.45, 7) is 0. The van der Waals surface area contributed by atoms with Crippen molar-refractivity contribution in [1.29, 1.82) is 0 Å². The number of carbonyl (C=O) groups is 1. The van der Waals surface area contributed by atoms with Gasteiger partial charge in [-0.25, -0.2) is 4.98 Å². The summed E-state index contributed by atoms with van der Waals surface area (Å²) in [5, 5.41) is 11.6. The van der Waals surface area contributed by atoms with Gasteiger partial charge in [-0.2, -0.15) is 4.39 Å². The maximum absolute atomic E-state index is 12.8. The van der Waals surface area contributed by atoms with Crippen molar-refractivity contribution in [3.05, 3.63) is 54.1 Å². The molecule has 2 aromatic rings. The van der Waals surface area contributed by atoms with Crippen molar-refractivity contribution in [2.45, 2.75) is 0 Å². The number of anilines is 1. The number of nitrogens with one attached hydrogen (secondary N) is 1. The highest BCUT2D eigenvalue weighted by molar-refractivity contribution is 6.04. The van der Waals surface area contributed by atoms with Gasteiger partial charge in [0.05, 0.1) is 0 Å². The number of aromatic nitrogens is 1. The molecule has 0 spiro atoms. The number of amides is 1. The SMILES string of the molecule is O=C(Nc1ccc(O)cc1)c1ccnc(F)c1. The fourth-order valence-electron chi connectivity index (χ4n) is 1.29. The van der Waals surface area contributed by atoms with E-state index in [1.54, 1.807) is 12.1 Å². The lowest BCUT2D eigenvalue weighted by Gasteiger charge is -2.04. The minimum Gasteiger partial charge on any atom is -0.508 e. The average Bonchev–Trinajstić information content (AvgIpc) is 2.32. The van der Waals surface area contributed by atoms with Crippen molar-refractivity contribution in [3.63, 3.8) is 0 Å². The van der Waals surface area contributed by atoms with E-state index in [1.165, 1.54) is 24.4 Å². The topological polar surface area (TPSA) is 62.2 Å². The lowest BCUT2D eigenvalue weighted by atomic mass is 10.2. The molecule has 0 atom stereocenters. The number of phenolic OH excluding ortho intramolecular Hbond substituents is 1. The molecule has 0 unspecified atom stereocenters. The molecule has 2 rings (SSSR count). The lowest BCUT2D eigenvalue weighted by molar-refractivity contribution is 0.102. The van der Waals surface area contributed by atoms with Crippen LogP contribution in [0.15, 0.2) is 42.6 Å². The highest BCUT2D eigenvalue weighted by atomic mass is 19.1. The number of carbonyl (C=O) groups excluding carboxylic acids is 1. The van der Waals surface area contributed by atoms with E-state index < -0.39 is 11.9 Å². The van der Waals surface area contributed by atoms with Crippen LogP contribution in [0.3, 0.4) is 0 Å². The van der Waals surface area contributed by atoms with Gasteiger partial charge in [0.25, 0.3) is 5.91 Å². The van der Waals surface area contributed by atoms with Crippen LogP contribution in [-0.2, 0) is 0 Å². The van der Waals surface area contributed by atoms with E-state index in [9.17, 15) is 9.18 Å². The Hall–Kier alpha value is -2.43. The van der Waals surface area contributed by atoms with Crippen molar-refractivity contribution < 1.29 is 14.3 Å². The van der Waals surface area contributed by atoms with Crippen molar-refractivity contribution in [2.24, 2.45) is 0 Å². The number of pyridine rings is 1. The van der Waals surface area contributed by atoms with E-state index >= 15 is 0 Å². The van der Waals surface area contributed by atoms with E-state index in [0.717, 1.165) is 6.07 Å². The van der Waals surface area contributed by atoms with Crippen molar-refractivity contribution >= 4 is 11.6 Å². The van der Waals surface area contributed by atoms with E-state index in [0.29, 0.717) is 5.69 Å². The molecular formula is C12H9FN2O2. The van der Waals surface area contributed by atoms with Crippen molar-refractivity contribution in [3.8, 4) is 5.75 Å². The Labute approximate surface area is 96.7 Å². The zero-order chi connectivity index (χ0) is 12.3. The predicted octanol–water partition coefficient (Wildman–Crippen LogP) is 2.18. The first-order chi connectivity index (χ1) is 8.15. The summed E-state index contributed by atoms with van der Waals surface area (Å²) < 4.78 is 12.8. The number of rotatable bonds is 2. The number of phenols is 1. The van der Waals surface area contributed by atoms with Crippen molar-refractivity contribution in [1.82, 2.24) is 4.98 Å². The monoisotopic (exact) mass is 232 g/mol. The Balaban J connectivity index is 2.14. The third-order valence-corrected chi connectivity index (χ3v) is 2.11. The van der Waals surface area contributed by atoms with Crippen LogP contribution < -0.4 is 5.32 Å². The summed E-state index contributed by atoms with van der Waals surface area (Å²) in [6.07, 6.45) is 1.22. The lowest BCUT2D eigenvalue weighted by Crippen LogP contribution is -2.12. The highest BCUT2D eigenvalue weighted by Crippen LogP contribution is 2.14. The third kappa shape index (κ3) is 2.78. The molecule has 0 radical (unpaired) electrons. The highest BCUT2D eigenvalue weighted by Gasteiger charge is 2.07. The number of halogens is 1. The first kappa shape index (κ1) is 11.1. The molecule has 0 fully saturated rings. The first-order valence-electron chi connectivity index (χ1n) is 4.87. The second-order valence-electron chi connectivity index (χ2n) is 3.37. The Kier molecular flexibility index (Phi) is 3.00. The maximum Gasteiger partial charge on any atom is 0.255 e. The number of hydrogen-bond donors (Lipinski definition) is 2. The van der Waals surface area contributed by atoms with E-state index in [4.69, 9.17) is 5.11 Å². The Morgan fingerprint density at radius 1 is 1.24 bits per heavy atom. The fourth-order valence-corrected chi connectivity index (χ4v) is 1.29. The number of hydrogen-bond acceptors (Lipinski definition) is 3. The van der Waals surface area contributed by atoms with Gasteiger partial charge in [0.2, 0.25) is 5.95 Å². The van der Waals surface area contributed by atoms with Crippen LogP contribution in [0.1, 0.15) is 10.4 Å². The molecule has 0 bridgehead atoms. The van der Waals surface area contributed by atoms with Gasteiger partial charge in [0.1, 0.15) is 5.75 Å². The number of aromatic hydroxyl groups is 1. The molecule has 0 saturated heterocycles. The Morgan fingerprint density at radius 2 is 1.94 bits per heavy atom. The van der Waals surface area contributed by atoms with Gasteiger partial charge in [-0.1, -0.05) is 0 Å². The standard InChI is InChI=1S/C12H9FN2O2/c13-11-7-8(5-6-14-11)12(17)15-9-1-3-10(16)4-2-9/h1-7,16H,(H,15,17). The summed E-state index contributed by atoms with van der Waals surface area (Å²) in [5.74, 6) is -1.03. The summed E-state index contributed by atoms with van der Waals surface area (Å²) in [6, 6.07) is 8.45. The summed E-state index contributed by atoms with van der Waals surface area (Å²) in [4.78, 5) is 15.0.